The molecule has 2 N–H and O–H groups in total. The largest absolute Gasteiger partial charge is 0.385 e. The van der Waals surface area contributed by atoms with Gasteiger partial charge in [-0.3, -0.25) is 4.79 Å². The lowest BCUT2D eigenvalue weighted by Crippen LogP contribution is -2.17. The topological polar surface area (TPSA) is 50.4 Å². The summed E-state index contributed by atoms with van der Waals surface area (Å²) in [5, 5.41) is 6.27. The predicted molar refractivity (Wildman–Crippen MR) is 86.6 cm³/mol. The molecule has 0 spiro atoms. The summed E-state index contributed by atoms with van der Waals surface area (Å²) in [6.07, 6.45) is 8.20. The fraction of sp³-hybridized carbons (Fsp3) is 0.588. The van der Waals surface area contributed by atoms with Crippen LogP contribution in [0.5, 0.6) is 0 Å². The van der Waals surface area contributed by atoms with Crippen molar-refractivity contribution in [2.45, 2.75) is 38.5 Å². The first kappa shape index (κ1) is 15.8. The van der Waals surface area contributed by atoms with Gasteiger partial charge in [-0.1, -0.05) is 38.2 Å². The highest BCUT2D eigenvalue weighted by molar-refractivity contribution is 5.92. The second-order valence-electron chi connectivity index (χ2n) is 5.78. The van der Waals surface area contributed by atoms with Crippen molar-refractivity contribution in [3.05, 3.63) is 24.3 Å². The van der Waals surface area contributed by atoms with Crippen molar-refractivity contribution >= 4 is 17.3 Å². The number of methoxy groups -OCH3 is 1. The number of hydrogen-bond acceptors (Lipinski definition) is 3. The zero-order chi connectivity index (χ0) is 14.9. The van der Waals surface area contributed by atoms with Gasteiger partial charge in [-0.2, -0.15) is 0 Å². The van der Waals surface area contributed by atoms with Crippen molar-refractivity contribution in [1.29, 1.82) is 0 Å². The molecule has 0 atom stereocenters. The Hall–Kier alpha value is -1.55. The van der Waals surface area contributed by atoms with Gasteiger partial charge in [0.05, 0.1) is 0 Å². The zero-order valence-electron chi connectivity index (χ0n) is 12.9. The number of nitrogens with one attached hydrogen (secondary N) is 2. The molecule has 0 heterocycles. The van der Waals surface area contributed by atoms with Crippen LogP contribution in [-0.2, 0) is 9.53 Å². The second kappa shape index (κ2) is 8.67. The van der Waals surface area contributed by atoms with Crippen molar-refractivity contribution in [1.82, 2.24) is 0 Å². The molecule has 0 saturated heterocycles. The van der Waals surface area contributed by atoms with E-state index in [0.717, 1.165) is 23.8 Å². The van der Waals surface area contributed by atoms with Crippen LogP contribution in [0.15, 0.2) is 24.3 Å². The Morgan fingerprint density at radius 2 is 2.00 bits per heavy atom. The van der Waals surface area contributed by atoms with Gasteiger partial charge in [0.2, 0.25) is 5.91 Å². The average molecular weight is 290 g/mol. The van der Waals surface area contributed by atoms with Crippen molar-refractivity contribution in [3.8, 4) is 0 Å². The Morgan fingerprint density at radius 1 is 1.24 bits per heavy atom. The lowest BCUT2D eigenvalue weighted by Gasteiger charge is -2.21. The summed E-state index contributed by atoms with van der Waals surface area (Å²) in [5.74, 6) is 0.757. The molecule has 1 saturated carbocycles. The monoisotopic (exact) mass is 290 g/mol. The summed E-state index contributed by atoms with van der Waals surface area (Å²) in [6.45, 7) is 1.08. The van der Waals surface area contributed by atoms with Gasteiger partial charge in [0.25, 0.3) is 0 Å². The minimum atomic E-state index is -0.128. The Labute approximate surface area is 127 Å². The minimum absolute atomic E-state index is 0.0827. The van der Waals surface area contributed by atoms with Crippen LogP contribution in [0.2, 0.25) is 0 Å². The molecule has 1 aromatic carbocycles. The number of ether oxygens (including phenoxy) is 1. The van der Waals surface area contributed by atoms with E-state index >= 15 is 0 Å². The van der Waals surface area contributed by atoms with Gasteiger partial charge in [0.1, 0.15) is 6.61 Å². The van der Waals surface area contributed by atoms with Gasteiger partial charge in [-0.15, -0.1) is 0 Å². The molecule has 0 aliphatic heterocycles. The molecular weight excluding hydrogens is 264 g/mol. The van der Waals surface area contributed by atoms with Gasteiger partial charge in [0, 0.05) is 25.0 Å². The molecule has 0 radical (unpaired) electrons. The van der Waals surface area contributed by atoms with Crippen LogP contribution in [0.4, 0.5) is 11.4 Å². The molecular formula is C17H26N2O2. The van der Waals surface area contributed by atoms with Gasteiger partial charge in [-0.25, -0.2) is 0 Å². The van der Waals surface area contributed by atoms with E-state index in [-0.39, 0.29) is 12.5 Å². The molecule has 1 aliphatic carbocycles. The lowest BCUT2D eigenvalue weighted by atomic mass is 9.87. The quantitative estimate of drug-likeness (QED) is 0.806. The van der Waals surface area contributed by atoms with Crippen LogP contribution < -0.4 is 10.6 Å². The normalized spacial score (nSPS) is 15.7. The Kier molecular flexibility index (Phi) is 6.54. The highest BCUT2D eigenvalue weighted by Crippen LogP contribution is 2.26. The van der Waals surface area contributed by atoms with Crippen LogP contribution in [0.25, 0.3) is 0 Å². The second-order valence-corrected chi connectivity index (χ2v) is 5.78. The van der Waals surface area contributed by atoms with E-state index in [1.807, 2.05) is 24.3 Å². The van der Waals surface area contributed by atoms with Crippen molar-refractivity contribution in [3.63, 3.8) is 0 Å². The first-order valence-electron chi connectivity index (χ1n) is 7.90. The molecule has 116 valence electrons. The van der Waals surface area contributed by atoms with Gasteiger partial charge < -0.3 is 15.4 Å². The fourth-order valence-electron chi connectivity index (χ4n) is 2.93. The van der Waals surface area contributed by atoms with E-state index in [0.29, 0.717) is 0 Å². The first-order valence-corrected chi connectivity index (χ1v) is 7.90. The zero-order valence-corrected chi connectivity index (χ0v) is 12.9. The number of hydrogen-bond donors (Lipinski definition) is 2. The van der Waals surface area contributed by atoms with E-state index in [2.05, 4.69) is 10.6 Å². The number of anilines is 2. The number of amides is 1. The van der Waals surface area contributed by atoms with Gasteiger partial charge in [-0.05, 0) is 30.5 Å². The van der Waals surface area contributed by atoms with Crippen molar-refractivity contribution < 1.29 is 9.53 Å². The Balaban J connectivity index is 1.76. The van der Waals surface area contributed by atoms with Crippen LogP contribution in [-0.4, -0.2) is 26.2 Å². The number of benzene rings is 1. The predicted octanol–water partition coefficient (Wildman–Crippen LogP) is 3.65. The SMILES string of the molecule is COCC(=O)Nc1cccc(NCCC2CCCCC2)c1. The van der Waals surface area contributed by atoms with E-state index in [1.54, 1.807) is 0 Å². The third kappa shape index (κ3) is 5.76. The standard InChI is InChI=1S/C17H26N2O2/c1-21-13-17(20)19-16-9-5-8-15(12-16)18-11-10-14-6-3-2-4-7-14/h5,8-9,12,14,18H,2-4,6-7,10-11,13H2,1H3,(H,19,20). The van der Waals surface area contributed by atoms with Crippen LogP contribution in [0.3, 0.4) is 0 Å². The maximum atomic E-state index is 11.5. The van der Waals surface area contributed by atoms with Gasteiger partial charge >= 0.3 is 0 Å². The maximum absolute atomic E-state index is 11.5. The summed E-state index contributed by atoms with van der Waals surface area (Å²) in [6, 6.07) is 7.84. The summed E-state index contributed by atoms with van der Waals surface area (Å²) < 4.78 is 4.81. The number of carbonyl (C=O) groups is 1. The molecule has 0 bridgehead atoms. The maximum Gasteiger partial charge on any atom is 0.250 e. The smallest absolute Gasteiger partial charge is 0.250 e. The van der Waals surface area contributed by atoms with Gasteiger partial charge in [0.15, 0.2) is 0 Å². The molecule has 0 aromatic heterocycles. The molecule has 1 amide bonds. The van der Waals surface area contributed by atoms with Crippen LogP contribution in [0.1, 0.15) is 38.5 Å². The molecule has 1 aromatic rings. The summed E-state index contributed by atoms with van der Waals surface area (Å²) in [4.78, 5) is 11.5. The highest BCUT2D eigenvalue weighted by Gasteiger charge is 2.12. The third-order valence-corrected chi connectivity index (χ3v) is 4.03. The number of carbonyl (C=O) groups excluding carboxylic acids is 1. The van der Waals surface area contributed by atoms with Crippen LogP contribution >= 0.6 is 0 Å². The van der Waals surface area contributed by atoms with E-state index in [4.69, 9.17) is 4.74 Å². The molecule has 1 aliphatic rings. The fourth-order valence-corrected chi connectivity index (χ4v) is 2.93. The highest BCUT2D eigenvalue weighted by atomic mass is 16.5. The minimum Gasteiger partial charge on any atom is -0.385 e. The summed E-state index contributed by atoms with van der Waals surface area (Å²) in [7, 11) is 1.52. The Bertz CT molecular complexity index is 442. The van der Waals surface area contributed by atoms with E-state index in [9.17, 15) is 4.79 Å². The third-order valence-electron chi connectivity index (χ3n) is 4.03. The molecule has 4 heteroatoms. The first-order chi connectivity index (χ1) is 10.3. The van der Waals surface area contributed by atoms with Crippen molar-refractivity contribution in [2.75, 3.05) is 30.9 Å². The molecule has 21 heavy (non-hydrogen) atoms. The summed E-state index contributed by atoms with van der Waals surface area (Å²) in [5.41, 5.74) is 1.86. The van der Waals surface area contributed by atoms with Crippen LogP contribution in [0, 0.1) is 5.92 Å². The molecule has 0 unspecified atom stereocenters. The average Bonchev–Trinajstić information content (AvgIpc) is 2.49. The number of rotatable bonds is 7. The molecule has 2 rings (SSSR count). The Morgan fingerprint density at radius 3 is 2.76 bits per heavy atom. The molecule has 1 fully saturated rings. The molecule has 4 nitrogen and oxygen atoms in total. The van der Waals surface area contributed by atoms with E-state index in [1.165, 1.54) is 45.6 Å². The van der Waals surface area contributed by atoms with E-state index < -0.39 is 0 Å². The van der Waals surface area contributed by atoms with Crippen molar-refractivity contribution in [2.24, 2.45) is 5.92 Å². The summed E-state index contributed by atoms with van der Waals surface area (Å²) >= 11 is 0. The lowest BCUT2D eigenvalue weighted by molar-refractivity contribution is -0.119.